The third-order valence-corrected chi connectivity index (χ3v) is 4.56. The first kappa shape index (κ1) is 16.9. The second-order valence-corrected chi connectivity index (χ2v) is 6.26. The minimum Gasteiger partial charge on any atom is -0.497 e. The van der Waals surface area contributed by atoms with E-state index in [0.717, 1.165) is 22.8 Å². The Labute approximate surface area is 160 Å². The van der Waals surface area contributed by atoms with Crippen LogP contribution in [0.4, 0.5) is 17.1 Å². The Morgan fingerprint density at radius 3 is 1.96 bits per heavy atom. The molecule has 0 aliphatic carbocycles. The molecule has 2 heteroatoms. The molecule has 0 amide bonds. The molecule has 0 atom stereocenters. The molecule has 0 saturated heterocycles. The van der Waals surface area contributed by atoms with E-state index in [0.29, 0.717) is 0 Å². The van der Waals surface area contributed by atoms with E-state index in [1.807, 2.05) is 24.3 Å². The SMILES string of the molecule is COc1cccc(N(c2ccccc2)c2ccccc2-c2ccccc2)c1. The summed E-state index contributed by atoms with van der Waals surface area (Å²) in [4.78, 5) is 2.27. The molecule has 4 rings (SSSR count). The van der Waals surface area contributed by atoms with Gasteiger partial charge < -0.3 is 9.64 Å². The van der Waals surface area contributed by atoms with Crippen molar-refractivity contribution in [2.45, 2.75) is 0 Å². The third-order valence-electron chi connectivity index (χ3n) is 4.56. The summed E-state index contributed by atoms with van der Waals surface area (Å²) in [5.41, 5.74) is 5.67. The predicted molar refractivity (Wildman–Crippen MR) is 113 cm³/mol. The largest absolute Gasteiger partial charge is 0.497 e. The van der Waals surface area contributed by atoms with Crippen molar-refractivity contribution in [3.8, 4) is 16.9 Å². The third kappa shape index (κ3) is 3.56. The molecule has 0 radical (unpaired) electrons. The average Bonchev–Trinajstić information content (AvgIpc) is 2.76. The first-order valence-electron chi connectivity index (χ1n) is 9.00. The van der Waals surface area contributed by atoms with Crippen LogP contribution in [0.2, 0.25) is 0 Å². The van der Waals surface area contributed by atoms with Crippen molar-refractivity contribution < 1.29 is 4.74 Å². The first-order chi connectivity index (χ1) is 13.4. The molecule has 2 nitrogen and oxygen atoms in total. The summed E-state index contributed by atoms with van der Waals surface area (Å²) < 4.78 is 5.46. The molecule has 0 bridgehead atoms. The maximum absolute atomic E-state index is 5.46. The van der Waals surface area contributed by atoms with Crippen molar-refractivity contribution in [1.29, 1.82) is 0 Å². The van der Waals surface area contributed by atoms with Crippen molar-refractivity contribution in [2.75, 3.05) is 12.0 Å². The fourth-order valence-corrected chi connectivity index (χ4v) is 3.28. The lowest BCUT2D eigenvalue weighted by Crippen LogP contribution is -2.11. The van der Waals surface area contributed by atoms with Crippen LogP contribution in [0.1, 0.15) is 0 Å². The van der Waals surface area contributed by atoms with Crippen molar-refractivity contribution >= 4 is 17.1 Å². The zero-order valence-corrected chi connectivity index (χ0v) is 15.2. The monoisotopic (exact) mass is 351 g/mol. The normalized spacial score (nSPS) is 10.4. The van der Waals surface area contributed by atoms with Crippen LogP contribution in [-0.4, -0.2) is 7.11 Å². The number of ether oxygens (including phenoxy) is 1. The Kier molecular flexibility index (Phi) is 4.88. The summed E-state index contributed by atoms with van der Waals surface area (Å²) in [5, 5.41) is 0. The number of hydrogen-bond acceptors (Lipinski definition) is 2. The van der Waals surface area contributed by atoms with Gasteiger partial charge in [0.2, 0.25) is 0 Å². The van der Waals surface area contributed by atoms with E-state index in [9.17, 15) is 0 Å². The lowest BCUT2D eigenvalue weighted by molar-refractivity contribution is 0.415. The van der Waals surface area contributed by atoms with Crippen LogP contribution >= 0.6 is 0 Å². The van der Waals surface area contributed by atoms with Crippen molar-refractivity contribution in [3.63, 3.8) is 0 Å². The second-order valence-electron chi connectivity index (χ2n) is 6.26. The summed E-state index contributed by atoms with van der Waals surface area (Å²) in [5.74, 6) is 0.839. The van der Waals surface area contributed by atoms with Gasteiger partial charge in [-0.15, -0.1) is 0 Å². The van der Waals surface area contributed by atoms with Crippen LogP contribution in [0.25, 0.3) is 11.1 Å². The van der Waals surface area contributed by atoms with Gasteiger partial charge in [-0.1, -0.05) is 72.8 Å². The molecule has 27 heavy (non-hydrogen) atoms. The summed E-state index contributed by atoms with van der Waals surface area (Å²) in [6.45, 7) is 0. The number of anilines is 3. The van der Waals surface area contributed by atoms with E-state index in [1.165, 1.54) is 11.1 Å². The van der Waals surface area contributed by atoms with E-state index < -0.39 is 0 Å². The molecule has 0 aliphatic heterocycles. The Morgan fingerprint density at radius 2 is 1.22 bits per heavy atom. The number of benzene rings is 4. The Bertz CT molecular complexity index is 1010. The first-order valence-corrected chi connectivity index (χ1v) is 9.00. The maximum atomic E-state index is 5.46. The smallest absolute Gasteiger partial charge is 0.120 e. The molecule has 0 aromatic heterocycles. The number of rotatable bonds is 5. The lowest BCUT2D eigenvalue weighted by Gasteiger charge is -2.28. The number of nitrogens with zero attached hydrogens (tertiary/aromatic N) is 1. The Morgan fingerprint density at radius 1 is 0.593 bits per heavy atom. The number of methoxy groups -OCH3 is 1. The average molecular weight is 351 g/mol. The standard InChI is InChI=1S/C25H21NO/c1-27-23-16-10-15-22(19-23)26(21-13-6-3-7-14-21)25-18-9-8-17-24(25)20-11-4-2-5-12-20/h2-19H,1H3. The van der Waals surface area contributed by atoms with Gasteiger partial charge in [-0.3, -0.25) is 0 Å². The quantitative estimate of drug-likeness (QED) is 0.390. The lowest BCUT2D eigenvalue weighted by atomic mass is 10.0. The van der Waals surface area contributed by atoms with Crippen molar-refractivity contribution in [2.24, 2.45) is 0 Å². The van der Waals surface area contributed by atoms with E-state index in [2.05, 4.69) is 89.8 Å². The van der Waals surface area contributed by atoms with E-state index in [1.54, 1.807) is 7.11 Å². The van der Waals surface area contributed by atoms with Gasteiger partial charge in [0, 0.05) is 23.0 Å². The highest BCUT2D eigenvalue weighted by Gasteiger charge is 2.16. The summed E-state index contributed by atoms with van der Waals surface area (Å²) in [6, 6.07) is 37.6. The molecule has 4 aromatic carbocycles. The van der Waals surface area contributed by atoms with Crippen molar-refractivity contribution in [3.05, 3.63) is 109 Å². The molecule has 0 N–H and O–H groups in total. The molecule has 4 aromatic rings. The van der Waals surface area contributed by atoms with Crippen LogP contribution < -0.4 is 9.64 Å². The highest BCUT2D eigenvalue weighted by atomic mass is 16.5. The van der Waals surface area contributed by atoms with Gasteiger partial charge in [-0.25, -0.2) is 0 Å². The summed E-state index contributed by atoms with van der Waals surface area (Å²) in [7, 11) is 1.70. The van der Waals surface area contributed by atoms with E-state index >= 15 is 0 Å². The van der Waals surface area contributed by atoms with Gasteiger partial charge in [0.05, 0.1) is 12.8 Å². The molecular weight excluding hydrogens is 330 g/mol. The molecule has 0 aliphatic rings. The minimum absolute atomic E-state index is 0.839. The summed E-state index contributed by atoms with van der Waals surface area (Å²) in [6.07, 6.45) is 0. The fraction of sp³-hybridized carbons (Fsp3) is 0.0400. The molecule has 0 unspecified atom stereocenters. The van der Waals surface area contributed by atoms with Gasteiger partial charge in [-0.2, -0.15) is 0 Å². The number of para-hydroxylation sites is 2. The molecule has 0 saturated carbocycles. The van der Waals surface area contributed by atoms with Crippen LogP contribution in [0.3, 0.4) is 0 Å². The number of hydrogen-bond donors (Lipinski definition) is 0. The van der Waals surface area contributed by atoms with Gasteiger partial charge in [0.15, 0.2) is 0 Å². The predicted octanol–water partition coefficient (Wildman–Crippen LogP) is 6.83. The van der Waals surface area contributed by atoms with Gasteiger partial charge in [0.25, 0.3) is 0 Å². The zero-order valence-electron chi connectivity index (χ0n) is 15.2. The van der Waals surface area contributed by atoms with E-state index in [-0.39, 0.29) is 0 Å². The fourth-order valence-electron chi connectivity index (χ4n) is 3.28. The highest BCUT2D eigenvalue weighted by molar-refractivity contribution is 5.88. The molecule has 0 heterocycles. The van der Waals surface area contributed by atoms with Gasteiger partial charge >= 0.3 is 0 Å². The summed E-state index contributed by atoms with van der Waals surface area (Å²) >= 11 is 0. The van der Waals surface area contributed by atoms with Gasteiger partial charge in [-0.05, 0) is 35.9 Å². The van der Waals surface area contributed by atoms with Gasteiger partial charge in [0.1, 0.15) is 5.75 Å². The molecule has 0 spiro atoms. The second kappa shape index (κ2) is 7.79. The Balaban J connectivity index is 1.93. The minimum atomic E-state index is 0.839. The molecule has 0 fully saturated rings. The molecule has 132 valence electrons. The van der Waals surface area contributed by atoms with E-state index in [4.69, 9.17) is 4.74 Å². The van der Waals surface area contributed by atoms with Crippen LogP contribution in [0.15, 0.2) is 109 Å². The van der Waals surface area contributed by atoms with Crippen LogP contribution in [0, 0.1) is 0 Å². The zero-order chi connectivity index (χ0) is 18.5. The topological polar surface area (TPSA) is 12.5 Å². The maximum Gasteiger partial charge on any atom is 0.120 e. The highest BCUT2D eigenvalue weighted by Crippen LogP contribution is 2.41. The Hall–Kier alpha value is -3.52. The van der Waals surface area contributed by atoms with Crippen LogP contribution in [0.5, 0.6) is 5.75 Å². The van der Waals surface area contributed by atoms with Crippen LogP contribution in [-0.2, 0) is 0 Å². The molecular formula is C25H21NO. The van der Waals surface area contributed by atoms with Crippen molar-refractivity contribution in [1.82, 2.24) is 0 Å².